The van der Waals surface area contributed by atoms with Crippen LogP contribution in [-0.4, -0.2) is 43.6 Å². The first-order valence-corrected chi connectivity index (χ1v) is 13.8. The van der Waals surface area contributed by atoms with E-state index in [-0.39, 0.29) is 28.1 Å². The van der Waals surface area contributed by atoms with E-state index in [1.165, 1.54) is 6.07 Å². The molecule has 1 atom stereocenters. The first-order valence-electron chi connectivity index (χ1n) is 13.4. The maximum Gasteiger partial charge on any atom is 0.195 e. The molecule has 1 saturated heterocycles. The number of rotatable bonds is 7. The molecule has 0 amide bonds. The summed E-state index contributed by atoms with van der Waals surface area (Å²) in [6, 6.07) is 9.72. The molecular weight excluding hydrogens is 515 g/mol. The van der Waals surface area contributed by atoms with E-state index in [1.54, 1.807) is 0 Å². The summed E-state index contributed by atoms with van der Waals surface area (Å²) in [5, 5.41) is 0.0189. The predicted octanol–water partition coefficient (Wildman–Crippen LogP) is 5.85. The molecule has 0 N–H and O–H groups in total. The highest BCUT2D eigenvalue weighted by molar-refractivity contribution is 6.29. The summed E-state index contributed by atoms with van der Waals surface area (Å²) in [7, 11) is 0. The van der Waals surface area contributed by atoms with Gasteiger partial charge in [-0.15, -0.1) is 0 Å². The third-order valence-electron chi connectivity index (χ3n) is 7.44. The van der Waals surface area contributed by atoms with E-state index in [4.69, 9.17) is 11.6 Å². The molecule has 5 rings (SSSR count). The number of fused-ring (bicyclic) bond motifs is 1. The van der Waals surface area contributed by atoms with E-state index in [0.29, 0.717) is 24.3 Å². The van der Waals surface area contributed by atoms with Gasteiger partial charge in [0.15, 0.2) is 16.4 Å². The maximum atomic E-state index is 14.4. The van der Waals surface area contributed by atoms with Crippen LogP contribution in [0.3, 0.4) is 0 Å². The summed E-state index contributed by atoms with van der Waals surface area (Å²) in [6.07, 6.45) is 7.68. The Morgan fingerprint density at radius 3 is 2.67 bits per heavy atom. The van der Waals surface area contributed by atoms with Crippen molar-refractivity contribution in [3.05, 3.63) is 92.6 Å². The highest BCUT2D eigenvalue weighted by Gasteiger charge is 2.27. The molecule has 0 aromatic carbocycles. The van der Waals surface area contributed by atoms with Crippen LogP contribution in [0.25, 0.3) is 11.0 Å². The summed E-state index contributed by atoms with van der Waals surface area (Å²) in [5.41, 5.74) is 4.99. The highest BCUT2D eigenvalue weighted by Crippen LogP contribution is 2.26. The van der Waals surface area contributed by atoms with Crippen molar-refractivity contribution in [3.8, 4) is 0 Å². The number of pyridine rings is 4. The van der Waals surface area contributed by atoms with Crippen molar-refractivity contribution in [2.75, 3.05) is 18.0 Å². The Morgan fingerprint density at radius 1 is 1.13 bits per heavy atom. The molecule has 1 aliphatic rings. The van der Waals surface area contributed by atoms with Crippen molar-refractivity contribution in [2.45, 2.75) is 65.7 Å². The Hall–Kier alpha value is -3.36. The first kappa shape index (κ1) is 27.2. The number of halogens is 2. The minimum atomic E-state index is -0.688. The standard InChI is InChI=1S/C30H34ClFN6O/c1-19(2)38-17-23(28(39)26-13-27(32)29(31)35-30(26)38)16-37(15-22-9-10-33-21(4)12-22)25-6-5-11-36(18-25)24-8-7-20(3)34-14-24/h7-10,12-14,17,19,25H,5-6,11,15-16,18H2,1-4H3/t25-/m0/s1. The lowest BCUT2D eigenvalue weighted by molar-refractivity contribution is 0.158. The molecule has 0 spiro atoms. The summed E-state index contributed by atoms with van der Waals surface area (Å²) in [4.78, 5) is 31.5. The van der Waals surface area contributed by atoms with Crippen molar-refractivity contribution in [1.82, 2.24) is 24.4 Å². The molecule has 1 fully saturated rings. The van der Waals surface area contributed by atoms with Gasteiger partial charge in [-0.25, -0.2) is 9.37 Å². The molecule has 0 bridgehead atoms. The molecule has 39 heavy (non-hydrogen) atoms. The average molecular weight is 549 g/mol. The van der Waals surface area contributed by atoms with Gasteiger partial charge in [-0.1, -0.05) is 11.6 Å². The SMILES string of the molecule is Cc1ccc(N2CCC[C@H](N(Cc3ccnc(C)c3)Cc3cn(C(C)C)c4nc(Cl)c(F)cc4c3=O)C2)cn1. The van der Waals surface area contributed by atoms with Crippen LogP contribution in [0.1, 0.15) is 55.2 Å². The largest absolute Gasteiger partial charge is 0.369 e. The molecule has 4 aromatic heterocycles. The molecule has 9 heteroatoms. The summed E-state index contributed by atoms with van der Waals surface area (Å²) in [5.74, 6) is -0.688. The molecule has 7 nitrogen and oxygen atoms in total. The van der Waals surface area contributed by atoms with Gasteiger partial charge in [0.25, 0.3) is 0 Å². The van der Waals surface area contributed by atoms with Gasteiger partial charge in [-0.2, -0.15) is 0 Å². The minimum absolute atomic E-state index is 0.0105. The van der Waals surface area contributed by atoms with Crippen LogP contribution in [0.5, 0.6) is 0 Å². The number of aryl methyl sites for hydroxylation is 2. The maximum absolute atomic E-state index is 14.4. The fraction of sp³-hybridized carbons (Fsp3) is 0.400. The van der Waals surface area contributed by atoms with E-state index in [0.717, 1.165) is 48.6 Å². The summed E-state index contributed by atoms with van der Waals surface area (Å²) < 4.78 is 16.3. The lowest BCUT2D eigenvalue weighted by Gasteiger charge is -2.40. The lowest BCUT2D eigenvalue weighted by Crippen LogP contribution is -2.48. The van der Waals surface area contributed by atoms with Crippen LogP contribution in [0.2, 0.25) is 5.15 Å². The zero-order chi connectivity index (χ0) is 27.7. The summed E-state index contributed by atoms with van der Waals surface area (Å²) in [6.45, 7) is 10.9. The van der Waals surface area contributed by atoms with Crippen molar-refractivity contribution in [1.29, 1.82) is 0 Å². The molecule has 0 unspecified atom stereocenters. The smallest absolute Gasteiger partial charge is 0.195 e. The normalized spacial score (nSPS) is 16.0. The highest BCUT2D eigenvalue weighted by atomic mass is 35.5. The van der Waals surface area contributed by atoms with Gasteiger partial charge in [-0.3, -0.25) is 19.7 Å². The molecule has 5 heterocycles. The zero-order valence-electron chi connectivity index (χ0n) is 22.9. The van der Waals surface area contributed by atoms with Gasteiger partial charge >= 0.3 is 0 Å². The van der Waals surface area contributed by atoms with Crippen molar-refractivity contribution < 1.29 is 4.39 Å². The second-order valence-corrected chi connectivity index (χ2v) is 11.1. The number of hydrogen-bond acceptors (Lipinski definition) is 6. The zero-order valence-corrected chi connectivity index (χ0v) is 23.6. The Bertz CT molecular complexity index is 1540. The van der Waals surface area contributed by atoms with Gasteiger partial charge in [-0.05, 0) is 76.4 Å². The van der Waals surface area contributed by atoms with Crippen molar-refractivity contribution >= 4 is 28.3 Å². The number of piperidine rings is 1. The van der Waals surface area contributed by atoms with Crippen LogP contribution in [0.4, 0.5) is 10.1 Å². The molecule has 1 aliphatic heterocycles. The number of nitrogens with zero attached hydrogens (tertiary/aromatic N) is 6. The molecule has 4 aromatic rings. The summed E-state index contributed by atoms with van der Waals surface area (Å²) >= 11 is 5.99. The van der Waals surface area contributed by atoms with Gasteiger partial charge in [0, 0.05) is 67.6 Å². The number of hydrogen-bond donors (Lipinski definition) is 0. The first-order chi connectivity index (χ1) is 18.7. The fourth-order valence-corrected chi connectivity index (χ4v) is 5.53. The van der Waals surface area contributed by atoms with Crippen molar-refractivity contribution in [2.24, 2.45) is 0 Å². The van der Waals surface area contributed by atoms with Crippen molar-refractivity contribution in [3.63, 3.8) is 0 Å². The van der Waals surface area contributed by atoms with Crippen LogP contribution in [-0.2, 0) is 13.1 Å². The number of anilines is 1. The van der Waals surface area contributed by atoms with Crippen LogP contribution < -0.4 is 10.3 Å². The minimum Gasteiger partial charge on any atom is -0.369 e. The molecule has 0 aliphatic carbocycles. The second kappa shape index (κ2) is 11.4. The molecular formula is C30H34ClFN6O. The molecule has 0 radical (unpaired) electrons. The Balaban J connectivity index is 1.53. The second-order valence-electron chi connectivity index (χ2n) is 10.7. The van der Waals surface area contributed by atoms with Gasteiger partial charge < -0.3 is 9.47 Å². The van der Waals surface area contributed by atoms with E-state index in [2.05, 4.69) is 36.9 Å². The third-order valence-corrected chi connectivity index (χ3v) is 7.70. The third kappa shape index (κ3) is 5.97. The number of aromatic nitrogens is 4. The van der Waals surface area contributed by atoms with Crippen LogP contribution in [0, 0.1) is 19.7 Å². The van der Waals surface area contributed by atoms with E-state index in [9.17, 15) is 9.18 Å². The Kier molecular flexibility index (Phi) is 7.96. The van der Waals surface area contributed by atoms with Gasteiger partial charge in [0.2, 0.25) is 0 Å². The average Bonchev–Trinajstić information content (AvgIpc) is 2.91. The van der Waals surface area contributed by atoms with Crippen LogP contribution in [0.15, 0.2) is 53.7 Å². The van der Waals surface area contributed by atoms with E-state index < -0.39 is 5.82 Å². The predicted molar refractivity (Wildman–Crippen MR) is 154 cm³/mol. The van der Waals surface area contributed by atoms with Gasteiger partial charge in [0.1, 0.15) is 5.65 Å². The van der Waals surface area contributed by atoms with E-state index >= 15 is 0 Å². The monoisotopic (exact) mass is 548 g/mol. The molecule has 204 valence electrons. The molecule has 0 saturated carbocycles. The van der Waals surface area contributed by atoms with Gasteiger partial charge in [0.05, 0.1) is 17.3 Å². The fourth-order valence-electron chi connectivity index (χ4n) is 5.39. The van der Waals surface area contributed by atoms with Crippen LogP contribution >= 0.6 is 11.6 Å². The quantitative estimate of drug-likeness (QED) is 0.270. The van der Waals surface area contributed by atoms with E-state index in [1.807, 2.05) is 63.0 Å². The Morgan fingerprint density at radius 2 is 1.95 bits per heavy atom. The Labute approximate surface area is 233 Å². The lowest BCUT2D eigenvalue weighted by atomic mass is 10.0. The topological polar surface area (TPSA) is 67.2 Å².